The summed E-state index contributed by atoms with van der Waals surface area (Å²) in [5.41, 5.74) is 5.90. The number of nitrogen functional groups attached to an aromatic ring is 1. The van der Waals surface area contributed by atoms with Crippen molar-refractivity contribution in [2.24, 2.45) is 5.92 Å². The summed E-state index contributed by atoms with van der Waals surface area (Å²) in [6.45, 7) is 3.11. The molecule has 1 aliphatic heterocycles. The molecule has 88 valence electrons. The van der Waals surface area contributed by atoms with E-state index in [1.54, 1.807) is 10.3 Å². The number of aromatic nitrogens is 1. The molecule has 6 heteroatoms. The van der Waals surface area contributed by atoms with Gasteiger partial charge in [-0.15, -0.1) is 11.3 Å². The van der Waals surface area contributed by atoms with Crippen LogP contribution in [0, 0.1) is 5.92 Å². The Morgan fingerprint density at radius 1 is 1.75 bits per heavy atom. The van der Waals surface area contributed by atoms with Gasteiger partial charge in [0.2, 0.25) is 0 Å². The fourth-order valence-corrected chi connectivity index (χ4v) is 2.40. The second kappa shape index (κ2) is 4.39. The summed E-state index contributed by atoms with van der Waals surface area (Å²) in [5.74, 6) is 0.0281. The molecule has 0 bridgehead atoms. The number of thiazole rings is 1. The molecule has 2 rings (SSSR count). The topological polar surface area (TPSA) is 79.5 Å². The Kier molecular flexibility index (Phi) is 3.11. The molecule has 0 saturated carbocycles. The quantitative estimate of drug-likeness (QED) is 0.753. The Balaban J connectivity index is 2.06. The number of anilines is 1. The summed E-state index contributed by atoms with van der Waals surface area (Å²) >= 11 is 1.27. The maximum Gasteiger partial charge on any atom is 0.273 e. The molecule has 1 saturated heterocycles. The molecule has 0 radical (unpaired) electrons. The molecular formula is C10H15N3O2S. The number of amides is 1. The first-order chi connectivity index (χ1) is 7.58. The fraction of sp³-hybridized carbons (Fsp3) is 0.600. The van der Waals surface area contributed by atoms with Crippen LogP contribution in [0.25, 0.3) is 0 Å². The van der Waals surface area contributed by atoms with Crippen molar-refractivity contribution in [3.63, 3.8) is 0 Å². The van der Waals surface area contributed by atoms with Gasteiger partial charge < -0.3 is 15.7 Å². The smallest absolute Gasteiger partial charge is 0.273 e. The number of aliphatic hydroxyl groups excluding tert-OH is 1. The number of nitrogens with two attached hydrogens (primary N) is 1. The molecular weight excluding hydrogens is 226 g/mol. The highest BCUT2D eigenvalue weighted by atomic mass is 32.1. The van der Waals surface area contributed by atoms with Crippen LogP contribution in [0.2, 0.25) is 0 Å². The second-order valence-corrected chi connectivity index (χ2v) is 5.05. The average molecular weight is 241 g/mol. The van der Waals surface area contributed by atoms with Gasteiger partial charge in [0.25, 0.3) is 5.91 Å². The molecule has 5 nitrogen and oxygen atoms in total. The van der Waals surface area contributed by atoms with Crippen molar-refractivity contribution >= 4 is 22.4 Å². The van der Waals surface area contributed by atoms with Crippen molar-refractivity contribution in [2.45, 2.75) is 19.4 Å². The van der Waals surface area contributed by atoms with Crippen molar-refractivity contribution < 1.29 is 9.90 Å². The zero-order valence-electron chi connectivity index (χ0n) is 9.09. The lowest BCUT2D eigenvalue weighted by atomic mass is 9.96. The monoisotopic (exact) mass is 241 g/mol. The molecule has 16 heavy (non-hydrogen) atoms. The van der Waals surface area contributed by atoms with Gasteiger partial charge in [-0.05, 0) is 12.3 Å². The summed E-state index contributed by atoms with van der Waals surface area (Å²) in [6.07, 6.45) is 0.330. The SMILES string of the molecule is CC1CN(C(=O)c2csc(N)n2)CCC1O. The molecule has 1 aromatic heterocycles. The van der Waals surface area contributed by atoms with E-state index in [1.807, 2.05) is 6.92 Å². The minimum Gasteiger partial charge on any atom is -0.393 e. The van der Waals surface area contributed by atoms with Crippen molar-refractivity contribution in [3.8, 4) is 0 Å². The lowest BCUT2D eigenvalue weighted by Gasteiger charge is -2.33. The predicted octanol–water partition coefficient (Wildman–Crippen LogP) is 0.568. The van der Waals surface area contributed by atoms with Crippen LogP contribution < -0.4 is 5.73 Å². The molecule has 1 fully saturated rings. The molecule has 2 atom stereocenters. The van der Waals surface area contributed by atoms with E-state index in [4.69, 9.17) is 5.73 Å². The normalized spacial score (nSPS) is 25.8. The van der Waals surface area contributed by atoms with E-state index in [1.165, 1.54) is 11.3 Å². The Morgan fingerprint density at radius 2 is 2.50 bits per heavy atom. The van der Waals surface area contributed by atoms with Crippen LogP contribution in [-0.4, -0.2) is 40.1 Å². The largest absolute Gasteiger partial charge is 0.393 e. The van der Waals surface area contributed by atoms with Crippen LogP contribution in [-0.2, 0) is 0 Å². The van der Waals surface area contributed by atoms with Crippen molar-refractivity contribution in [2.75, 3.05) is 18.8 Å². The number of piperidine rings is 1. The third kappa shape index (κ3) is 2.17. The zero-order chi connectivity index (χ0) is 11.7. The predicted molar refractivity (Wildman–Crippen MR) is 62.2 cm³/mol. The molecule has 0 spiro atoms. The minimum absolute atomic E-state index is 0.0910. The van der Waals surface area contributed by atoms with Crippen molar-refractivity contribution in [3.05, 3.63) is 11.1 Å². The third-order valence-electron chi connectivity index (χ3n) is 2.89. The number of nitrogens with zero attached hydrogens (tertiary/aromatic N) is 2. The van der Waals surface area contributed by atoms with Crippen LogP contribution in [0.1, 0.15) is 23.8 Å². The van der Waals surface area contributed by atoms with Crippen LogP contribution in [0.15, 0.2) is 5.38 Å². The Bertz CT molecular complexity index is 393. The number of hydrogen-bond donors (Lipinski definition) is 2. The van der Waals surface area contributed by atoms with Crippen LogP contribution in [0.5, 0.6) is 0 Å². The first-order valence-electron chi connectivity index (χ1n) is 5.26. The van der Waals surface area contributed by atoms with Gasteiger partial charge in [-0.3, -0.25) is 4.79 Å². The molecule has 3 N–H and O–H groups in total. The first kappa shape index (κ1) is 11.3. The molecule has 2 unspecified atom stereocenters. The number of rotatable bonds is 1. The standard InChI is InChI=1S/C10H15N3O2S/c1-6-4-13(3-2-8(6)14)9(15)7-5-16-10(11)12-7/h5-6,8,14H,2-4H2,1H3,(H2,11,12). The van der Waals surface area contributed by atoms with Gasteiger partial charge in [0.05, 0.1) is 6.10 Å². The van der Waals surface area contributed by atoms with Crippen LogP contribution in [0.4, 0.5) is 5.13 Å². The number of hydrogen-bond acceptors (Lipinski definition) is 5. The number of aliphatic hydroxyl groups is 1. The molecule has 1 aliphatic rings. The highest BCUT2D eigenvalue weighted by Gasteiger charge is 2.28. The summed E-state index contributed by atoms with van der Waals surface area (Å²) < 4.78 is 0. The summed E-state index contributed by atoms with van der Waals surface area (Å²) in [4.78, 5) is 17.7. The van der Waals surface area contributed by atoms with E-state index in [0.29, 0.717) is 30.3 Å². The van der Waals surface area contributed by atoms with E-state index in [2.05, 4.69) is 4.98 Å². The molecule has 1 aromatic rings. The van der Waals surface area contributed by atoms with Crippen molar-refractivity contribution in [1.29, 1.82) is 0 Å². The summed E-state index contributed by atoms with van der Waals surface area (Å²) in [5, 5.41) is 11.7. The average Bonchev–Trinajstić information content (AvgIpc) is 2.68. The maximum atomic E-state index is 12.0. The molecule has 0 aliphatic carbocycles. The Morgan fingerprint density at radius 3 is 3.06 bits per heavy atom. The van der Waals surface area contributed by atoms with Gasteiger partial charge in [-0.2, -0.15) is 0 Å². The summed E-state index contributed by atoms with van der Waals surface area (Å²) in [7, 11) is 0. The minimum atomic E-state index is -0.301. The van der Waals surface area contributed by atoms with Gasteiger partial charge in [0.15, 0.2) is 5.13 Å². The molecule has 0 aromatic carbocycles. The Hall–Kier alpha value is -1.14. The van der Waals surface area contributed by atoms with E-state index in [9.17, 15) is 9.90 Å². The highest BCUT2D eigenvalue weighted by molar-refractivity contribution is 7.13. The van der Waals surface area contributed by atoms with Crippen LogP contribution >= 0.6 is 11.3 Å². The van der Waals surface area contributed by atoms with Crippen LogP contribution in [0.3, 0.4) is 0 Å². The summed E-state index contributed by atoms with van der Waals surface area (Å²) in [6, 6.07) is 0. The zero-order valence-corrected chi connectivity index (χ0v) is 9.91. The Labute approximate surface area is 97.9 Å². The molecule has 1 amide bonds. The van der Waals surface area contributed by atoms with Crippen molar-refractivity contribution in [1.82, 2.24) is 9.88 Å². The van der Waals surface area contributed by atoms with E-state index < -0.39 is 0 Å². The van der Waals surface area contributed by atoms with Gasteiger partial charge in [0, 0.05) is 18.5 Å². The maximum absolute atomic E-state index is 12.0. The van der Waals surface area contributed by atoms with Gasteiger partial charge in [-0.1, -0.05) is 6.92 Å². The van der Waals surface area contributed by atoms with Gasteiger partial charge in [-0.25, -0.2) is 4.98 Å². The second-order valence-electron chi connectivity index (χ2n) is 4.16. The van der Waals surface area contributed by atoms with E-state index >= 15 is 0 Å². The van der Waals surface area contributed by atoms with Gasteiger partial charge >= 0.3 is 0 Å². The number of likely N-dealkylation sites (tertiary alicyclic amines) is 1. The van der Waals surface area contributed by atoms with Gasteiger partial charge in [0.1, 0.15) is 5.69 Å². The lowest BCUT2D eigenvalue weighted by molar-refractivity contribution is 0.0294. The van der Waals surface area contributed by atoms with E-state index in [0.717, 1.165) is 0 Å². The molecule has 2 heterocycles. The fourth-order valence-electron chi connectivity index (χ4n) is 1.87. The highest BCUT2D eigenvalue weighted by Crippen LogP contribution is 2.20. The number of carbonyl (C=O) groups excluding carboxylic acids is 1. The third-order valence-corrected chi connectivity index (χ3v) is 3.56. The number of carbonyl (C=O) groups is 1. The first-order valence-corrected chi connectivity index (χ1v) is 6.14. The lowest BCUT2D eigenvalue weighted by Crippen LogP contribution is -2.45. The van der Waals surface area contributed by atoms with E-state index in [-0.39, 0.29) is 17.9 Å².